The second-order valence-electron chi connectivity index (χ2n) is 2.89. The van der Waals surface area contributed by atoms with Gasteiger partial charge in [-0.3, -0.25) is 4.79 Å². The number of halogens is 1. The minimum atomic E-state index is -0.312. The Kier molecular flexibility index (Phi) is 3.01. The van der Waals surface area contributed by atoms with Crippen LogP contribution >= 0.6 is 0 Å². The summed E-state index contributed by atoms with van der Waals surface area (Å²) in [6.45, 7) is 1.74. The van der Waals surface area contributed by atoms with E-state index in [-0.39, 0.29) is 17.6 Å². The molecule has 0 saturated heterocycles. The third-order valence-corrected chi connectivity index (χ3v) is 1.99. The van der Waals surface area contributed by atoms with Gasteiger partial charge in [-0.2, -0.15) is 0 Å². The molecule has 2 nitrogen and oxygen atoms in total. The van der Waals surface area contributed by atoms with Crippen LogP contribution in [-0.4, -0.2) is 13.0 Å². The Morgan fingerprint density at radius 2 is 2.23 bits per heavy atom. The van der Waals surface area contributed by atoms with E-state index in [1.165, 1.54) is 12.1 Å². The molecule has 70 valence electrons. The van der Waals surface area contributed by atoms with Gasteiger partial charge in [-0.25, -0.2) is 4.39 Å². The lowest BCUT2D eigenvalue weighted by atomic mass is 10.0. The second kappa shape index (κ2) is 4.03. The van der Waals surface area contributed by atoms with Crippen LogP contribution in [0.4, 0.5) is 4.39 Å². The van der Waals surface area contributed by atoms with Gasteiger partial charge in [0, 0.05) is 7.05 Å². The third-order valence-electron chi connectivity index (χ3n) is 1.99. The van der Waals surface area contributed by atoms with Crippen LogP contribution < -0.4 is 5.32 Å². The second-order valence-corrected chi connectivity index (χ2v) is 2.89. The Morgan fingerprint density at radius 3 is 2.77 bits per heavy atom. The van der Waals surface area contributed by atoms with Crippen LogP contribution in [0.15, 0.2) is 24.3 Å². The first kappa shape index (κ1) is 9.71. The maximum absolute atomic E-state index is 12.8. The normalized spacial score (nSPS) is 12.2. The molecule has 13 heavy (non-hydrogen) atoms. The molecule has 0 aromatic heterocycles. The summed E-state index contributed by atoms with van der Waals surface area (Å²) in [5, 5.41) is 2.52. The molecule has 1 N–H and O–H groups in total. The Hall–Kier alpha value is -1.38. The maximum atomic E-state index is 12.8. The van der Waals surface area contributed by atoms with Crippen molar-refractivity contribution in [3.05, 3.63) is 35.6 Å². The van der Waals surface area contributed by atoms with Crippen molar-refractivity contribution in [2.24, 2.45) is 0 Å². The molecular formula is C10H12FNO. The van der Waals surface area contributed by atoms with E-state index in [1.807, 2.05) is 0 Å². The smallest absolute Gasteiger partial charge is 0.227 e. The van der Waals surface area contributed by atoms with E-state index in [0.717, 1.165) is 0 Å². The van der Waals surface area contributed by atoms with Crippen molar-refractivity contribution >= 4 is 5.91 Å². The van der Waals surface area contributed by atoms with E-state index in [4.69, 9.17) is 0 Å². The lowest BCUT2D eigenvalue weighted by molar-refractivity contribution is -0.121. The molecule has 0 radical (unpaired) electrons. The molecule has 1 unspecified atom stereocenters. The van der Waals surface area contributed by atoms with Crippen molar-refractivity contribution in [1.82, 2.24) is 5.32 Å². The quantitative estimate of drug-likeness (QED) is 0.738. The number of rotatable bonds is 2. The van der Waals surface area contributed by atoms with Crippen molar-refractivity contribution < 1.29 is 9.18 Å². The fourth-order valence-corrected chi connectivity index (χ4v) is 1.14. The van der Waals surface area contributed by atoms with Gasteiger partial charge in [0.2, 0.25) is 5.91 Å². The zero-order valence-corrected chi connectivity index (χ0v) is 7.67. The number of hydrogen-bond acceptors (Lipinski definition) is 1. The summed E-state index contributed by atoms with van der Waals surface area (Å²) in [4.78, 5) is 11.2. The SMILES string of the molecule is CNC(=O)C(C)c1cccc(F)c1. The Bertz CT molecular complexity index is 312. The van der Waals surface area contributed by atoms with Gasteiger partial charge < -0.3 is 5.32 Å². The number of benzene rings is 1. The Labute approximate surface area is 76.8 Å². The van der Waals surface area contributed by atoms with Gasteiger partial charge in [-0.15, -0.1) is 0 Å². The molecule has 0 bridgehead atoms. The molecule has 0 spiro atoms. The first-order chi connectivity index (χ1) is 6.15. The standard InChI is InChI=1S/C10H12FNO/c1-7(10(13)12-2)8-4-3-5-9(11)6-8/h3-7H,1-2H3,(H,12,13). The molecule has 0 aliphatic rings. The van der Waals surface area contributed by atoms with Crippen LogP contribution in [-0.2, 0) is 4.79 Å². The van der Waals surface area contributed by atoms with E-state index in [9.17, 15) is 9.18 Å². The zero-order valence-electron chi connectivity index (χ0n) is 7.67. The molecule has 3 heteroatoms. The van der Waals surface area contributed by atoms with E-state index < -0.39 is 0 Å². The highest BCUT2D eigenvalue weighted by molar-refractivity contribution is 5.82. The van der Waals surface area contributed by atoms with Crippen LogP contribution in [0.3, 0.4) is 0 Å². The van der Waals surface area contributed by atoms with Gasteiger partial charge in [0.15, 0.2) is 0 Å². The maximum Gasteiger partial charge on any atom is 0.227 e. The van der Waals surface area contributed by atoms with E-state index in [1.54, 1.807) is 26.1 Å². The average Bonchev–Trinajstić information content (AvgIpc) is 2.15. The Morgan fingerprint density at radius 1 is 1.54 bits per heavy atom. The van der Waals surface area contributed by atoms with Crippen molar-refractivity contribution in [1.29, 1.82) is 0 Å². The molecule has 1 aromatic rings. The van der Waals surface area contributed by atoms with Gasteiger partial charge in [0.1, 0.15) is 5.82 Å². The monoisotopic (exact) mass is 181 g/mol. The molecule has 1 rings (SSSR count). The topological polar surface area (TPSA) is 29.1 Å². The number of amides is 1. The molecule has 0 aliphatic carbocycles. The molecule has 0 fully saturated rings. The molecule has 0 saturated carbocycles. The summed E-state index contributed by atoms with van der Waals surface area (Å²) in [6, 6.07) is 6.08. The average molecular weight is 181 g/mol. The fourth-order valence-electron chi connectivity index (χ4n) is 1.14. The summed E-state index contributed by atoms with van der Waals surface area (Å²) in [5.41, 5.74) is 0.694. The fraction of sp³-hybridized carbons (Fsp3) is 0.300. The first-order valence-corrected chi connectivity index (χ1v) is 4.12. The number of nitrogens with one attached hydrogen (secondary N) is 1. The van der Waals surface area contributed by atoms with E-state index in [2.05, 4.69) is 5.32 Å². The Balaban J connectivity index is 2.88. The predicted octanol–water partition coefficient (Wildman–Crippen LogP) is 1.68. The van der Waals surface area contributed by atoms with E-state index >= 15 is 0 Å². The van der Waals surface area contributed by atoms with Crippen molar-refractivity contribution in [2.45, 2.75) is 12.8 Å². The third kappa shape index (κ3) is 2.28. The van der Waals surface area contributed by atoms with E-state index in [0.29, 0.717) is 5.56 Å². The van der Waals surface area contributed by atoms with Crippen molar-refractivity contribution in [3.63, 3.8) is 0 Å². The summed E-state index contributed by atoms with van der Waals surface area (Å²) >= 11 is 0. The van der Waals surface area contributed by atoms with Crippen LogP contribution in [0, 0.1) is 5.82 Å². The lowest BCUT2D eigenvalue weighted by Crippen LogP contribution is -2.23. The summed E-state index contributed by atoms with van der Waals surface area (Å²) < 4.78 is 12.8. The zero-order chi connectivity index (χ0) is 9.84. The number of hydrogen-bond donors (Lipinski definition) is 1. The lowest BCUT2D eigenvalue weighted by Gasteiger charge is -2.09. The van der Waals surface area contributed by atoms with Gasteiger partial charge >= 0.3 is 0 Å². The highest BCUT2D eigenvalue weighted by Gasteiger charge is 2.13. The van der Waals surface area contributed by atoms with Crippen molar-refractivity contribution in [3.8, 4) is 0 Å². The van der Waals surface area contributed by atoms with Crippen LogP contribution in [0.25, 0.3) is 0 Å². The molecule has 1 aromatic carbocycles. The van der Waals surface area contributed by atoms with Crippen LogP contribution in [0.2, 0.25) is 0 Å². The molecular weight excluding hydrogens is 169 g/mol. The van der Waals surface area contributed by atoms with Crippen molar-refractivity contribution in [2.75, 3.05) is 7.05 Å². The van der Waals surface area contributed by atoms with Gasteiger partial charge in [0.05, 0.1) is 5.92 Å². The molecule has 1 amide bonds. The highest BCUT2D eigenvalue weighted by atomic mass is 19.1. The molecule has 0 heterocycles. The van der Waals surface area contributed by atoms with Crippen LogP contribution in [0.1, 0.15) is 18.4 Å². The number of likely N-dealkylation sites (N-methyl/N-ethyl adjacent to an activating group) is 1. The minimum absolute atomic E-state index is 0.106. The summed E-state index contributed by atoms with van der Waals surface area (Å²) in [6.07, 6.45) is 0. The molecule has 1 atom stereocenters. The summed E-state index contributed by atoms with van der Waals surface area (Å²) in [7, 11) is 1.57. The van der Waals surface area contributed by atoms with Gasteiger partial charge in [-0.05, 0) is 24.6 Å². The number of carbonyl (C=O) groups is 1. The van der Waals surface area contributed by atoms with Crippen LogP contribution in [0.5, 0.6) is 0 Å². The minimum Gasteiger partial charge on any atom is -0.359 e. The highest BCUT2D eigenvalue weighted by Crippen LogP contribution is 2.15. The van der Waals surface area contributed by atoms with Gasteiger partial charge in [-0.1, -0.05) is 12.1 Å². The van der Waals surface area contributed by atoms with Gasteiger partial charge in [0.25, 0.3) is 0 Å². The summed E-state index contributed by atoms with van der Waals surface area (Å²) in [5.74, 6) is -0.723. The molecule has 0 aliphatic heterocycles. The first-order valence-electron chi connectivity index (χ1n) is 4.12. The predicted molar refractivity (Wildman–Crippen MR) is 48.9 cm³/mol. The number of carbonyl (C=O) groups excluding carboxylic acids is 1. The largest absolute Gasteiger partial charge is 0.359 e.